The van der Waals surface area contributed by atoms with Crippen molar-refractivity contribution in [3.63, 3.8) is 0 Å². The molecule has 0 radical (unpaired) electrons. The smallest absolute Gasteiger partial charge is 0.0544 e. The fourth-order valence-corrected chi connectivity index (χ4v) is 12.4. The number of anilines is 9. The molecule has 368 valence electrons. The van der Waals surface area contributed by atoms with Crippen molar-refractivity contribution in [3.05, 3.63) is 245 Å². The minimum absolute atomic E-state index is 0.0789. The summed E-state index contributed by atoms with van der Waals surface area (Å²) in [6, 6.07) is 75.4. The van der Waals surface area contributed by atoms with Crippen molar-refractivity contribution < 1.29 is 0 Å². The largest absolute Gasteiger partial charge is 0.311 e. The first-order chi connectivity index (χ1) is 35.2. The lowest BCUT2D eigenvalue weighted by atomic mass is 9.60. The van der Waals surface area contributed by atoms with Crippen LogP contribution in [0.4, 0.5) is 51.2 Å². The lowest BCUT2D eigenvalue weighted by Crippen LogP contribution is -2.43. The van der Waals surface area contributed by atoms with Gasteiger partial charge in [-0.3, -0.25) is 0 Å². The monoisotopic (exact) mass is 964 g/mol. The zero-order valence-corrected chi connectivity index (χ0v) is 45.4. The Labute approximate surface area is 440 Å². The normalized spacial score (nSPS) is 15.3. The molecule has 74 heavy (non-hydrogen) atoms. The van der Waals surface area contributed by atoms with E-state index in [-0.39, 0.29) is 27.1 Å². The van der Waals surface area contributed by atoms with Gasteiger partial charge in [-0.2, -0.15) is 0 Å². The maximum absolute atomic E-state index is 2.69. The van der Waals surface area contributed by atoms with E-state index in [2.05, 4.69) is 298 Å². The van der Waals surface area contributed by atoms with Gasteiger partial charge in [0.1, 0.15) is 0 Å². The van der Waals surface area contributed by atoms with Crippen molar-refractivity contribution in [3.8, 4) is 22.3 Å². The molecule has 9 aromatic rings. The highest BCUT2D eigenvalue weighted by molar-refractivity contribution is 6.00. The molecule has 3 aliphatic rings. The third-order valence-electron chi connectivity index (χ3n) is 16.9. The third-order valence-corrected chi connectivity index (χ3v) is 16.9. The standard InChI is InChI=1S/C71H69N3/c1-67(2,3)50-30-38-56(39-31-50)72(52-20-15-13-16-21-52)54-34-26-46(27-35-54)48-42-60-65-62(44-48)71(11,12)63-45-49(43-61-66(63)74(65)64-58(69(60,7)8)24-19-25-59(64)70(61,9)10)47-28-36-55(37-29-47)73(53-22-17-14-18-23-53)57-40-32-51(33-41-57)68(4,5)6/h13-45H,1-12H3. The zero-order valence-electron chi connectivity index (χ0n) is 45.4. The Kier molecular flexibility index (Phi) is 10.7. The van der Waals surface area contributed by atoms with Crippen LogP contribution in [0.5, 0.6) is 0 Å². The van der Waals surface area contributed by atoms with Crippen molar-refractivity contribution in [1.29, 1.82) is 0 Å². The molecule has 12 rings (SSSR count). The Morgan fingerprint density at radius 1 is 0.284 bits per heavy atom. The summed E-state index contributed by atoms with van der Waals surface area (Å²) in [5, 5.41) is 0. The maximum atomic E-state index is 2.69. The van der Waals surface area contributed by atoms with Crippen LogP contribution in [-0.4, -0.2) is 0 Å². The molecule has 3 aliphatic heterocycles. The second-order valence-corrected chi connectivity index (χ2v) is 24.8. The van der Waals surface area contributed by atoms with Crippen LogP contribution in [0.15, 0.2) is 200 Å². The molecule has 0 fully saturated rings. The molecule has 0 atom stereocenters. The van der Waals surface area contributed by atoms with E-state index in [4.69, 9.17) is 0 Å². The van der Waals surface area contributed by atoms with Gasteiger partial charge < -0.3 is 14.7 Å². The molecule has 0 aromatic heterocycles. The van der Waals surface area contributed by atoms with Crippen molar-refractivity contribution in [2.75, 3.05) is 14.7 Å². The van der Waals surface area contributed by atoms with Crippen molar-refractivity contribution in [1.82, 2.24) is 0 Å². The van der Waals surface area contributed by atoms with Crippen LogP contribution in [-0.2, 0) is 27.1 Å². The first kappa shape index (κ1) is 47.4. The summed E-state index contributed by atoms with van der Waals surface area (Å²) >= 11 is 0. The van der Waals surface area contributed by atoms with Crippen LogP contribution in [0.25, 0.3) is 22.3 Å². The zero-order chi connectivity index (χ0) is 51.7. The molecule has 0 bridgehead atoms. The average Bonchev–Trinajstić information content (AvgIpc) is 3.47. The Morgan fingerprint density at radius 2 is 0.554 bits per heavy atom. The Bertz CT molecular complexity index is 3370. The second-order valence-electron chi connectivity index (χ2n) is 24.8. The summed E-state index contributed by atoms with van der Waals surface area (Å²) in [5.41, 5.74) is 26.1. The predicted octanol–water partition coefficient (Wildman–Crippen LogP) is 19.9. The number of hydrogen-bond acceptors (Lipinski definition) is 3. The molecule has 0 unspecified atom stereocenters. The van der Waals surface area contributed by atoms with Gasteiger partial charge in [-0.25, -0.2) is 0 Å². The van der Waals surface area contributed by atoms with Crippen molar-refractivity contribution in [2.45, 2.75) is 110 Å². The lowest BCUT2D eigenvalue weighted by Gasteiger charge is -2.55. The third kappa shape index (κ3) is 7.44. The van der Waals surface area contributed by atoms with Gasteiger partial charge in [0.25, 0.3) is 0 Å². The van der Waals surface area contributed by atoms with E-state index in [0.717, 1.165) is 34.1 Å². The van der Waals surface area contributed by atoms with Gasteiger partial charge in [-0.15, -0.1) is 0 Å². The van der Waals surface area contributed by atoms with Crippen LogP contribution in [0.3, 0.4) is 0 Å². The Balaban J connectivity index is 0.980. The summed E-state index contributed by atoms with van der Waals surface area (Å²) in [6.07, 6.45) is 0. The highest BCUT2D eigenvalue weighted by Gasteiger charge is 2.52. The van der Waals surface area contributed by atoms with E-state index in [1.807, 2.05) is 0 Å². The molecular formula is C71H69N3. The molecule has 0 aliphatic carbocycles. The highest BCUT2D eigenvalue weighted by Crippen LogP contribution is 2.67. The SMILES string of the molecule is CC(C)(C)c1ccc(N(c2ccccc2)c2ccc(-c3cc4c5c(c3)C(C)(C)c3cc(-c6ccc(N(c7ccccc7)c7ccc(C(C)(C)C)cc7)cc6)cc6c3N5c3c(cccc3C6(C)C)C4(C)C)cc2)cc1. The Hall–Kier alpha value is -7.62. The number of benzene rings is 9. The molecule has 0 amide bonds. The molecule has 0 spiro atoms. The van der Waals surface area contributed by atoms with Crippen LogP contribution >= 0.6 is 0 Å². The molecule has 3 heteroatoms. The minimum atomic E-state index is -0.320. The van der Waals surface area contributed by atoms with Gasteiger partial charge in [0.2, 0.25) is 0 Å². The molecular weight excluding hydrogens is 895 g/mol. The van der Waals surface area contributed by atoms with Gasteiger partial charge >= 0.3 is 0 Å². The molecule has 0 saturated carbocycles. The van der Waals surface area contributed by atoms with Gasteiger partial charge in [0.15, 0.2) is 0 Å². The highest BCUT2D eigenvalue weighted by atomic mass is 15.2. The summed E-state index contributed by atoms with van der Waals surface area (Å²) in [4.78, 5) is 7.43. The number of para-hydroxylation sites is 3. The van der Waals surface area contributed by atoms with Crippen LogP contribution in [0.2, 0.25) is 0 Å². The van der Waals surface area contributed by atoms with Gasteiger partial charge in [-0.05, 0) is 175 Å². The first-order valence-corrected chi connectivity index (χ1v) is 26.7. The van der Waals surface area contributed by atoms with E-state index in [1.54, 1.807) is 0 Å². The fraction of sp³-hybridized carbons (Fsp3) is 0.239. The van der Waals surface area contributed by atoms with Crippen molar-refractivity contribution in [2.24, 2.45) is 0 Å². The molecule has 3 heterocycles. The van der Waals surface area contributed by atoms with Gasteiger partial charge in [0, 0.05) is 50.4 Å². The van der Waals surface area contributed by atoms with Crippen LogP contribution < -0.4 is 14.7 Å². The first-order valence-electron chi connectivity index (χ1n) is 26.7. The van der Waals surface area contributed by atoms with Gasteiger partial charge in [0.05, 0.1) is 17.1 Å². The topological polar surface area (TPSA) is 9.72 Å². The van der Waals surface area contributed by atoms with E-state index in [1.165, 1.54) is 83.8 Å². The fourth-order valence-electron chi connectivity index (χ4n) is 12.4. The Morgan fingerprint density at radius 3 is 0.865 bits per heavy atom. The predicted molar refractivity (Wildman–Crippen MR) is 315 cm³/mol. The summed E-state index contributed by atoms with van der Waals surface area (Å²) in [5.74, 6) is 0. The van der Waals surface area contributed by atoms with E-state index >= 15 is 0 Å². The average molecular weight is 964 g/mol. The van der Waals surface area contributed by atoms with E-state index in [0.29, 0.717) is 0 Å². The van der Waals surface area contributed by atoms with Crippen molar-refractivity contribution >= 4 is 51.2 Å². The minimum Gasteiger partial charge on any atom is -0.311 e. The summed E-state index contributed by atoms with van der Waals surface area (Å²) in [6.45, 7) is 28.4. The van der Waals surface area contributed by atoms with Crippen LogP contribution in [0.1, 0.15) is 128 Å². The quantitative estimate of drug-likeness (QED) is 0.150. The molecule has 9 aromatic carbocycles. The number of rotatable bonds is 8. The summed E-state index contributed by atoms with van der Waals surface area (Å²) in [7, 11) is 0. The maximum Gasteiger partial charge on any atom is 0.0544 e. The van der Waals surface area contributed by atoms with Crippen LogP contribution in [0, 0.1) is 0 Å². The van der Waals surface area contributed by atoms with Gasteiger partial charge in [-0.1, -0.05) is 186 Å². The summed E-state index contributed by atoms with van der Waals surface area (Å²) < 4.78 is 0. The number of nitrogens with zero attached hydrogens (tertiary/aromatic N) is 3. The molecule has 3 nitrogen and oxygen atoms in total. The second kappa shape index (κ2) is 16.7. The number of hydrogen-bond donors (Lipinski definition) is 0. The lowest BCUT2D eigenvalue weighted by molar-refractivity contribution is 0.567. The van der Waals surface area contributed by atoms with E-state index in [9.17, 15) is 0 Å². The molecule has 0 N–H and O–H groups in total. The molecule has 0 saturated heterocycles. The van der Waals surface area contributed by atoms with E-state index < -0.39 is 0 Å².